The molecular formula is C17H18ClIN2O3. The summed E-state index contributed by atoms with van der Waals surface area (Å²) in [7, 11) is 0. The van der Waals surface area contributed by atoms with Crippen molar-refractivity contribution in [2.75, 3.05) is 13.1 Å². The first-order valence-corrected chi connectivity index (χ1v) is 8.93. The van der Waals surface area contributed by atoms with E-state index in [9.17, 15) is 15.0 Å². The van der Waals surface area contributed by atoms with E-state index in [1.54, 1.807) is 12.1 Å². The van der Waals surface area contributed by atoms with E-state index in [0.717, 1.165) is 6.42 Å². The number of aliphatic hydroxyl groups is 1. The van der Waals surface area contributed by atoms with Crippen molar-refractivity contribution in [3.8, 4) is 0 Å². The predicted molar refractivity (Wildman–Crippen MR) is 101 cm³/mol. The highest BCUT2D eigenvalue weighted by atomic mass is 127. The number of pyridine rings is 1. The van der Waals surface area contributed by atoms with E-state index in [2.05, 4.69) is 27.6 Å². The summed E-state index contributed by atoms with van der Waals surface area (Å²) in [4.78, 5) is 16.5. The lowest BCUT2D eigenvalue weighted by molar-refractivity contribution is 0.0961. The van der Waals surface area contributed by atoms with Crippen molar-refractivity contribution >= 4 is 40.3 Å². The zero-order valence-corrected chi connectivity index (χ0v) is 15.8. The molecule has 0 fully saturated rings. The van der Waals surface area contributed by atoms with Gasteiger partial charge in [-0.15, -0.1) is 0 Å². The van der Waals surface area contributed by atoms with E-state index in [0.29, 0.717) is 23.7 Å². The Kier molecular flexibility index (Phi) is 7.26. The van der Waals surface area contributed by atoms with Gasteiger partial charge in [0.05, 0.1) is 12.6 Å². The molecule has 0 unspecified atom stereocenters. The van der Waals surface area contributed by atoms with Crippen LogP contribution in [0.5, 0.6) is 0 Å². The molecule has 1 heterocycles. The second kappa shape index (κ2) is 9.19. The summed E-state index contributed by atoms with van der Waals surface area (Å²) in [5, 5.41) is 19.8. The lowest BCUT2D eigenvalue weighted by atomic mass is 10.1. The van der Waals surface area contributed by atoms with E-state index in [1.807, 2.05) is 24.3 Å². The summed E-state index contributed by atoms with van der Waals surface area (Å²) >= 11 is 7.96. The summed E-state index contributed by atoms with van der Waals surface area (Å²) in [5.41, 5.74) is 1.71. The van der Waals surface area contributed by atoms with Crippen LogP contribution in [0.2, 0.25) is 5.15 Å². The SMILES string of the molecule is O=C(O)N(CCCc1ccc(I)cc1)C[C@H](O)c1ccc(Cl)nc1. The molecule has 2 N–H and O–H groups in total. The molecule has 1 amide bonds. The van der Waals surface area contributed by atoms with Crippen molar-refractivity contribution < 1.29 is 15.0 Å². The maximum atomic E-state index is 11.4. The highest BCUT2D eigenvalue weighted by Crippen LogP contribution is 2.16. The van der Waals surface area contributed by atoms with Crippen LogP contribution >= 0.6 is 34.2 Å². The van der Waals surface area contributed by atoms with E-state index in [-0.39, 0.29) is 6.54 Å². The Labute approximate surface area is 159 Å². The summed E-state index contributed by atoms with van der Waals surface area (Å²) in [5.74, 6) is 0. The summed E-state index contributed by atoms with van der Waals surface area (Å²) in [6.07, 6.45) is 0.971. The van der Waals surface area contributed by atoms with Gasteiger partial charge in [0.25, 0.3) is 0 Å². The minimum Gasteiger partial charge on any atom is -0.465 e. The van der Waals surface area contributed by atoms with Crippen LogP contribution in [0.15, 0.2) is 42.6 Å². The van der Waals surface area contributed by atoms with Crippen LogP contribution in [-0.2, 0) is 6.42 Å². The van der Waals surface area contributed by atoms with Crippen LogP contribution in [0.25, 0.3) is 0 Å². The first-order chi connectivity index (χ1) is 11.5. The van der Waals surface area contributed by atoms with E-state index < -0.39 is 12.2 Å². The third-order valence-corrected chi connectivity index (χ3v) is 4.55. The summed E-state index contributed by atoms with van der Waals surface area (Å²) < 4.78 is 1.17. The molecule has 7 heteroatoms. The number of aromatic nitrogens is 1. The number of nitrogens with zero attached hydrogens (tertiary/aromatic N) is 2. The Morgan fingerprint density at radius 1 is 1.25 bits per heavy atom. The van der Waals surface area contributed by atoms with Gasteiger partial charge in [-0.2, -0.15) is 0 Å². The van der Waals surface area contributed by atoms with Crippen molar-refractivity contribution in [3.63, 3.8) is 0 Å². The van der Waals surface area contributed by atoms with Crippen LogP contribution in [-0.4, -0.2) is 39.3 Å². The lowest BCUT2D eigenvalue weighted by Crippen LogP contribution is -2.34. The minimum atomic E-state index is -1.04. The molecule has 128 valence electrons. The lowest BCUT2D eigenvalue weighted by Gasteiger charge is -2.22. The van der Waals surface area contributed by atoms with Crippen molar-refractivity contribution in [2.45, 2.75) is 18.9 Å². The normalized spacial score (nSPS) is 12.0. The Balaban J connectivity index is 1.88. The number of carbonyl (C=O) groups is 1. The molecule has 0 bridgehead atoms. The van der Waals surface area contributed by atoms with Crippen molar-refractivity contribution in [1.82, 2.24) is 9.88 Å². The largest absolute Gasteiger partial charge is 0.465 e. The Morgan fingerprint density at radius 2 is 1.96 bits per heavy atom. The first-order valence-electron chi connectivity index (χ1n) is 7.47. The molecule has 0 radical (unpaired) electrons. The number of hydrogen-bond acceptors (Lipinski definition) is 3. The van der Waals surface area contributed by atoms with E-state index in [1.165, 1.54) is 20.2 Å². The topological polar surface area (TPSA) is 73.7 Å². The number of benzene rings is 1. The Bertz CT molecular complexity index is 665. The fraction of sp³-hybridized carbons (Fsp3) is 0.294. The van der Waals surface area contributed by atoms with Gasteiger partial charge >= 0.3 is 6.09 Å². The fourth-order valence-corrected chi connectivity index (χ4v) is 2.76. The smallest absolute Gasteiger partial charge is 0.407 e. The van der Waals surface area contributed by atoms with Crippen LogP contribution in [0.1, 0.15) is 23.7 Å². The number of hydrogen-bond donors (Lipinski definition) is 2. The molecule has 0 aliphatic heterocycles. The van der Waals surface area contributed by atoms with Gasteiger partial charge in [0.2, 0.25) is 0 Å². The van der Waals surface area contributed by atoms with Gasteiger partial charge in [-0.25, -0.2) is 9.78 Å². The van der Waals surface area contributed by atoms with Gasteiger partial charge in [0.1, 0.15) is 5.15 Å². The molecule has 0 spiro atoms. The maximum absolute atomic E-state index is 11.4. The van der Waals surface area contributed by atoms with Crippen LogP contribution in [0, 0.1) is 3.57 Å². The van der Waals surface area contributed by atoms with Gasteiger partial charge in [-0.05, 0) is 59.2 Å². The van der Waals surface area contributed by atoms with Crippen molar-refractivity contribution in [1.29, 1.82) is 0 Å². The third kappa shape index (κ3) is 5.92. The third-order valence-electron chi connectivity index (χ3n) is 3.61. The second-order valence-corrected chi connectivity index (χ2v) is 7.02. The molecule has 0 aliphatic carbocycles. The van der Waals surface area contributed by atoms with Gasteiger partial charge in [0, 0.05) is 21.9 Å². The molecule has 2 rings (SSSR count). The summed E-state index contributed by atoms with van der Waals surface area (Å²) in [6, 6.07) is 11.4. The molecule has 24 heavy (non-hydrogen) atoms. The molecule has 1 atom stereocenters. The van der Waals surface area contributed by atoms with E-state index in [4.69, 9.17) is 11.6 Å². The number of rotatable bonds is 7. The fourth-order valence-electron chi connectivity index (χ4n) is 2.29. The monoisotopic (exact) mass is 460 g/mol. The van der Waals surface area contributed by atoms with Crippen LogP contribution in [0.3, 0.4) is 0 Å². The highest BCUT2D eigenvalue weighted by molar-refractivity contribution is 14.1. The first kappa shape index (κ1) is 19.0. The number of amides is 1. The molecule has 0 saturated heterocycles. The van der Waals surface area contributed by atoms with Gasteiger partial charge in [-0.3, -0.25) is 0 Å². The number of aliphatic hydroxyl groups excluding tert-OH is 1. The zero-order valence-electron chi connectivity index (χ0n) is 12.9. The second-order valence-electron chi connectivity index (χ2n) is 5.39. The van der Waals surface area contributed by atoms with Crippen molar-refractivity contribution in [3.05, 3.63) is 62.4 Å². The number of halogens is 2. The molecule has 2 aromatic rings. The van der Waals surface area contributed by atoms with Gasteiger partial charge < -0.3 is 15.1 Å². The summed E-state index contributed by atoms with van der Waals surface area (Å²) in [6.45, 7) is 0.366. The zero-order chi connectivity index (χ0) is 17.5. The average Bonchev–Trinajstić information content (AvgIpc) is 2.56. The highest BCUT2D eigenvalue weighted by Gasteiger charge is 2.18. The van der Waals surface area contributed by atoms with Gasteiger partial charge in [-0.1, -0.05) is 29.8 Å². The molecule has 1 aromatic carbocycles. The quantitative estimate of drug-likeness (QED) is 0.484. The van der Waals surface area contributed by atoms with Crippen molar-refractivity contribution in [2.24, 2.45) is 0 Å². The van der Waals surface area contributed by atoms with Gasteiger partial charge in [0.15, 0.2) is 0 Å². The Hall–Kier alpha value is -1.38. The Morgan fingerprint density at radius 3 is 2.54 bits per heavy atom. The van der Waals surface area contributed by atoms with Crippen LogP contribution in [0.4, 0.5) is 4.79 Å². The van der Waals surface area contributed by atoms with Crippen LogP contribution < -0.4 is 0 Å². The maximum Gasteiger partial charge on any atom is 0.407 e. The molecule has 0 saturated carbocycles. The predicted octanol–water partition coefficient (Wildman–Crippen LogP) is 3.99. The minimum absolute atomic E-state index is 0.00529. The standard InChI is InChI=1S/C17H18ClIN2O3/c18-16-8-5-13(10-20-16)15(22)11-21(17(23)24)9-1-2-12-3-6-14(19)7-4-12/h3-8,10,15,22H,1-2,9,11H2,(H,23,24)/t15-/m0/s1. The molecule has 1 aromatic heterocycles. The molecule has 5 nitrogen and oxygen atoms in total. The molecular weight excluding hydrogens is 443 g/mol. The number of aryl methyl sites for hydroxylation is 1. The van der Waals surface area contributed by atoms with E-state index >= 15 is 0 Å². The molecule has 0 aliphatic rings. The number of carboxylic acid groups (broad SMARTS) is 1. The average molecular weight is 461 g/mol.